The maximum Gasteiger partial charge on any atom is 0.182 e. The van der Waals surface area contributed by atoms with Crippen LogP contribution in [0.2, 0.25) is 0 Å². The van der Waals surface area contributed by atoms with Crippen LogP contribution in [-0.4, -0.2) is 43.1 Å². The van der Waals surface area contributed by atoms with Gasteiger partial charge >= 0.3 is 0 Å². The average molecular weight is 585 g/mol. The van der Waals surface area contributed by atoms with Gasteiger partial charge in [-0.2, -0.15) is 5.10 Å². The highest BCUT2D eigenvalue weighted by atomic mass is 19.1. The predicted octanol–water partition coefficient (Wildman–Crippen LogP) is 6.46. The van der Waals surface area contributed by atoms with E-state index in [2.05, 4.69) is 24.1 Å². The van der Waals surface area contributed by atoms with E-state index in [-0.39, 0.29) is 36.5 Å². The van der Waals surface area contributed by atoms with E-state index in [1.165, 1.54) is 0 Å². The number of aliphatic hydroxyl groups is 1. The summed E-state index contributed by atoms with van der Waals surface area (Å²) in [6, 6.07) is 11.8. The molecule has 0 spiro atoms. The molecule has 3 heterocycles. The van der Waals surface area contributed by atoms with Gasteiger partial charge in [0.05, 0.1) is 24.4 Å². The average Bonchev–Trinajstić information content (AvgIpc) is 3.33. The summed E-state index contributed by atoms with van der Waals surface area (Å²) in [6.07, 6.45) is 4.50. The van der Waals surface area contributed by atoms with Crippen LogP contribution in [0.25, 0.3) is 22.4 Å². The van der Waals surface area contributed by atoms with Crippen molar-refractivity contribution in [2.45, 2.75) is 53.5 Å². The maximum absolute atomic E-state index is 15.1. The maximum atomic E-state index is 15.1. The van der Waals surface area contributed by atoms with Crippen molar-refractivity contribution in [3.8, 4) is 17.3 Å². The second kappa shape index (κ2) is 11.3. The monoisotopic (exact) mass is 584 g/mol. The molecule has 43 heavy (non-hydrogen) atoms. The van der Waals surface area contributed by atoms with Crippen molar-refractivity contribution < 1.29 is 18.6 Å². The fourth-order valence-electron chi connectivity index (χ4n) is 5.58. The van der Waals surface area contributed by atoms with E-state index < -0.39 is 11.6 Å². The van der Waals surface area contributed by atoms with Crippen LogP contribution in [0.4, 0.5) is 20.3 Å². The lowest BCUT2D eigenvalue weighted by Gasteiger charge is -2.31. The van der Waals surface area contributed by atoms with Crippen LogP contribution in [0.15, 0.2) is 48.7 Å². The second-order valence-electron chi connectivity index (χ2n) is 11.9. The number of benzene rings is 2. The van der Waals surface area contributed by atoms with Gasteiger partial charge in [0.1, 0.15) is 35.5 Å². The van der Waals surface area contributed by atoms with E-state index in [9.17, 15) is 0 Å². The van der Waals surface area contributed by atoms with Crippen molar-refractivity contribution in [2.75, 3.05) is 18.5 Å². The summed E-state index contributed by atoms with van der Waals surface area (Å²) in [5.41, 5.74) is 6.08. The third-order valence-corrected chi connectivity index (χ3v) is 7.94. The molecule has 8 nitrogen and oxygen atoms in total. The minimum atomic E-state index is -0.754. The number of rotatable bonds is 8. The molecule has 6 rings (SSSR count). The number of fused-ring (bicyclic) bond motifs is 2. The van der Waals surface area contributed by atoms with Crippen LogP contribution < -0.4 is 10.1 Å². The fraction of sp³-hybridized carbons (Fsp3) is 0.333. The number of aliphatic hydroxyl groups excluding tert-OH is 1. The Morgan fingerprint density at radius 3 is 2.60 bits per heavy atom. The minimum absolute atomic E-state index is 0.0175. The van der Waals surface area contributed by atoms with Gasteiger partial charge in [-0.05, 0) is 56.2 Å². The molecule has 2 aromatic carbocycles. The van der Waals surface area contributed by atoms with Crippen molar-refractivity contribution in [1.82, 2.24) is 24.7 Å². The van der Waals surface area contributed by atoms with E-state index in [0.29, 0.717) is 17.0 Å². The molecule has 0 bridgehead atoms. The highest BCUT2D eigenvalue weighted by molar-refractivity contribution is 5.92. The van der Waals surface area contributed by atoms with Crippen molar-refractivity contribution in [3.05, 3.63) is 88.4 Å². The Kier molecular flexibility index (Phi) is 7.56. The van der Waals surface area contributed by atoms with E-state index >= 15 is 8.78 Å². The first-order valence-corrected chi connectivity index (χ1v) is 14.4. The number of ether oxygens (including phenoxy) is 1. The summed E-state index contributed by atoms with van der Waals surface area (Å²) in [7, 11) is 0. The van der Waals surface area contributed by atoms with Crippen LogP contribution >= 0.6 is 0 Å². The van der Waals surface area contributed by atoms with Gasteiger partial charge in [-0.25, -0.2) is 18.7 Å². The highest BCUT2D eigenvalue weighted by Gasteiger charge is 2.30. The summed E-state index contributed by atoms with van der Waals surface area (Å²) in [6.45, 7) is 7.99. The lowest BCUT2D eigenvalue weighted by molar-refractivity contribution is 0.200. The molecule has 1 aliphatic rings. The van der Waals surface area contributed by atoms with Crippen molar-refractivity contribution in [2.24, 2.45) is 5.41 Å². The zero-order valence-corrected chi connectivity index (χ0v) is 24.7. The van der Waals surface area contributed by atoms with Crippen LogP contribution in [0.1, 0.15) is 48.3 Å². The number of aromatic nitrogens is 5. The molecule has 10 heteroatoms. The first-order valence-electron chi connectivity index (χ1n) is 14.4. The SMILES string of the molecule is Cc1cc(Nc2nc(-c3nn(Cc4c(F)cc(OCCO)cc4F)c4ccccc34)nc3c2CCC(C)(C)C3)c(C)cn1. The molecule has 0 fully saturated rings. The molecular formula is C33H34F2N6O2. The first-order chi connectivity index (χ1) is 20.6. The number of hydrogen-bond acceptors (Lipinski definition) is 7. The molecular weight excluding hydrogens is 550 g/mol. The molecule has 3 aromatic heterocycles. The number of nitrogens with zero attached hydrogens (tertiary/aromatic N) is 5. The lowest BCUT2D eigenvalue weighted by Crippen LogP contribution is -2.25. The van der Waals surface area contributed by atoms with Crippen LogP contribution in [-0.2, 0) is 19.4 Å². The van der Waals surface area contributed by atoms with Crippen LogP contribution in [0.5, 0.6) is 5.75 Å². The predicted molar refractivity (Wildman–Crippen MR) is 162 cm³/mol. The summed E-state index contributed by atoms with van der Waals surface area (Å²) < 4.78 is 36.9. The topological polar surface area (TPSA) is 98.0 Å². The number of aryl methyl sites for hydroxylation is 2. The Morgan fingerprint density at radius 1 is 1.07 bits per heavy atom. The molecule has 222 valence electrons. The largest absolute Gasteiger partial charge is 0.491 e. The number of para-hydroxylation sites is 1. The van der Waals surface area contributed by atoms with E-state index in [1.54, 1.807) is 4.68 Å². The lowest BCUT2D eigenvalue weighted by atomic mass is 9.76. The number of pyridine rings is 1. The Hall–Kier alpha value is -4.44. The third-order valence-electron chi connectivity index (χ3n) is 7.94. The molecule has 0 amide bonds. The number of hydrogen-bond donors (Lipinski definition) is 2. The zero-order chi connectivity index (χ0) is 30.3. The Labute approximate surface area is 248 Å². The molecule has 0 saturated carbocycles. The van der Waals surface area contributed by atoms with Gasteiger partial charge in [-0.1, -0.05) is 32.0 Å². The zero-order valence-electron chi connectivity index (χ0n) is 24.7. The molecule has 0 aliphatic heterocycles. The van der Waals surface area contributed by atoms with Gasteiger partial charge in [0.25, 0.3) is 0 Å². The summed E-state index contributed by atoms with van der Waals surface area (Å²) in [5, 5.41) is 18.1. The van der Waals surface area contributed by atoms with Crippen molar-refractivity contribution >= 4 is 22.4 Å². The first kappa shape index (κ1) is 28.7. The standard InChI is InChI=1S/C33H34F2N6O2/c1-19-17-36-20(2)13-27(19)37-31-22-9-10-33(3,4)16-28(22)38-32(39-31)30-23-7-5-6-8-29(23)41(40-30)18-24-25(34)14-21(15-26(24)35)43-12-11-42/h5-8,13-15,17,42H,9-12,16,18H2,1-4H3,(H,36,37,38,39). The Balaban J connectivity index is 1.45. The van der Waals surface area contributed by atoms with Gasteiger partial charge in [-0.3, -0.25) is 9.67 Å². The fourth-order valence-corrected chi connectivity index (χ4v) is 5.58. The Morgan fingerprint density at radius 2 is 1.84 bits per heavy atom. The van der Waals surface area contributed by atoms with Gasteiger partial charge in [0, 0.05) is 46.2 Å². The molecule has 0 unspecified atom stereocenters. The molecule has 0 atom stereocenters. The van der Waals surface area contributed by atoms with Crippen molar-refractivity contribution in [1.29, 1.82) is 0 Å². The Bertz CT molecular complexity index is 1810. The normalized spacial score (nSPS) is 14.1. The second-order valence-corrected chi connectivity index (χ2v) is 11.9. The molecule has 0 radical (unpaired) electrons. The number of anilines is 2. The smallest absolute Gasteiger partial charge is 0.182 e. The van der Waals surface area contributed by atoms with E-state index in [4.69, 9.17) is 24.9 Å². The number of nitrogens with one attached hydrogen (secondary N) is 1. The van der Waals surface area contributed by atoms with Gasteiger partial charge in [0.15, 0.2) is 5.82 Å². The minimum Gasteiger partial charge on any atom is -0.491 e. The third kappa shape index (κ3) is 5.79. The molecule has 2 N–H and O–H groups in total. The summed E-state index contributed by atoms with van der Waals surface area (Å²) in [5.74, 6) is -0.306. The van der Waals surface area contributed by atoms with Crippen molar-refractivity contribution in [3.63, 3.8) is 0 Å². The summed E-state index contributed by atoms with van der Waals surface area (Å²) >= 11 is 0. The van der Waals surface area contributed by atoms with Gasteiger partial charge in [0.2, 0.25) is 0 Å². The quantitative estimate of drug-likeness (QED) is 0.216. The molecule has 0 saturated heterocycles. The van der Waals surface area contributed by atoms with E-state index in [0.717, 1.165) is 70.8 Å². The number of halogens is 2. The van der Waals surface area contributed by atoms with Crippen LogP contribution in [0, 0.1) is 30.9 Å². The van der Waals surface area contributed by atoms with Gasteiger partial charge in [-0.15, -0.1) is 0 Å². The van der Waals surface area contributed by atoms with E-state index in [1.807, 2.05) is 50.4 Å². The molecule has 1 aliphatic carbocycles. The summed E-state index contributed by atoms with van der Waals surface area (Å²) in [4.78, 5) is 14.5. The molecule has 5 aromatic rings. The van der Waals surface area contributed by atoms with Gasteiger partial charge < -0.3 is 15.2 Å². The van der Waals surface area contributed by atoms with Crippen LogP contribution in [0.3, 0.4) is 0 Å². The highest BCUT2D eigenvalue weighted by Crippen LogP contribution is 2.39.